The first-order chi connectivity index (χ1) is 8.13. The Labute approximate surface area is 97.8 Å². The van der Waals surface area contributed by atoms with Gasteiger partial charge >= 0.3 is 5.97 Å². The van der Waals surface area contributed by atoms with Gasteiger partial charge in [-0.15, -0.1) is 0 Å². The number of methoxy groups -OCH3 is 1. The first kappa shape index (κ1) is 11.7. The quantitative estimate of drug-likeness (QED) is 0.827. The minimum atomic E-state index is -1.29. The molecule has 2 heterocycles. The van der Waals surface area contributed by atoms with E-state index in [1.165, 1.54) is 13.2 Å². The fourth-order valence-corrected chi connectivity index (χ4v) is 1.81. The summed E-state index contributed by atoms with van der Waals surface area (Å²) < 4.78 is 10.3. The first-order valence-corrected chi connectivity index (χ1v) is 5.26. The van der Waals surface area contributed by atoms with Gasteiger partial charge in [-0.1, -0.05) is 0 Å². The molecule has 1 aliphatic heterocycles. The van der Waals surface area contributed by atoms with Gasteiger partial charge in [-0.3, -0.25) is 0 Å². The van der Waals surface area contributed by atoms with Gasteiger partial charge in [-0.2, -0.15) is 0 Å². The molecule has 2 rings (SSSR count). The first-order valence-electron chi connectivity index (χ1n) is 5.26. The van der Waals surface area contributed by atoms with Crippen LogP contribution >= 0.6 is 0 Å². The topological polar surface area (TPSA) is 88.9 Å². The van der Waals surface area contributed by atoms with Crippen LogP contribution in [0.4, 0.5) is 0 Å². The summed E-state index contributed by atoms with van der Waals surface area (Å²) in [5, 5.41) is 18.6. The third-order valence-corrected chi connectivity index (χ3v) is 2.66. The Hall–Kier alpha value is -1.82. The van der Waals surface area contributed by atoms with Gasteiger partial charge in [0.15, 0.2) is 17.2 Å². The molecule has 1 aliphatic rings. The third kappa shape index (κ3) is 2.16. The van der Waals surface area contributed by atoms with Gasteiger partial charge in [-0.05, 0) is 12.8 Å². The number of aromatic carboxylic acids is 1. The number of carboxylic acid groups (broad SMARTS) is 1. The van der Waals surface area contributed by atoms with Crippen LogP contribution in [0, 0.1) is 0 Å². The van der Waals surface area contributed by atoms with Crippen molar-refractivity contribution in [3.8, 4) is 11.5 Å². The zero-order chi connectivity index (χ0) is 12.4. The number of carboxylic acids is 1. The normalized spacial score (nSPS) is 19.2. The lowest BCUT2D eigenvalue weighted by Crippen LogP contribution is -2.08. The molecule has 0 amide bonds. The van der Waals surface area contributed by atoms with Crippen molar-refractivity contribution in [3.63, 3.8) is 0 Å². The lowest BCUT2D eigenvalue weighted by Gasteiger charge is -2.12. The Bertz CT molecular complexity index is 440. The number of rotatable bonds is 3. The molecule has 1 aromatic heterocycles. The molecule has 92 valence electrons. The predicted octanol–water partition coefficient (Wildman–Crippen LogP) is 1.35. The van der Waals surface area contributed by atoms with Crippen molar-refractivity contribution in [1.29, 1.82) is 0 Å². The van der Waals surface area contributed by atoms with E-state index in [2.05, 4.69) is 4.98 Å². The molecule has 1 unspecified atom stereocenters. The van der Waals surface area contributed by atoms with E-state index in [1.807, 2.05) is 0 Å². The molecule has 0 saturated carbocycles. The van der Waals surface area contributed by atoms with Crippen LogP contribution in [0.15, 0.2) is 6.07 Å². The van der Waals surface area contributed by atoms with E-state index in [-0.39, 0.29) is 11.9 Å². The maximum Gasteiger partial charge on any atom is 0.358 e. The van der Waals surface area contributed by atoms with Crippen molar-refractivity contribution < 1.29 is 24.5 Å². The summed E-state index contributed by atoms with van der Waals surface area (Å²) >= 11 is 0. The summed E-state index contributed by atoms with van der Waals surface area (Å²) in [5.41, 5.74) is 0.0735. The van der Waals surface area contributed by atoms with Crippen molar-refractivity contribution in [2.24, 2.45) is 0 Å². The summed E-state index contributed by atoms with van der Waals surface area (Å²) in [4.78, 5) is 14.8. The number of aromatic hydroxyl groups is 1. The molecule has 0 bridgehead atoms. The molecule has 1 saturated heterocycles. The Morgan fingerprint density at radius 1 is 1.65 bits per heavy atom. The van der Waals surface area contributed by atoms with Crippen molar-refractivity contribution >= 4 is 5.97 Å². The molecule has 0 radical (unpaired) electrons. The number of carbonyl (C=O) groups is 1. The van der Waals surface area contributed by atoms with Gasteiger partial charge < -0.3 is 19.7 Å². The zero-order valence-electron chi connectivity index (χ0n) is 9.34. The molecule has 17 heavy (non-hydrogen) atoms. The van der Waals surface area contributed by atoms with E-state index in [9.17, 15) is 9.90 Å². The number of ether oxygens (including phenoxy) is 2. The lowest BCUT2D eigenvalue weighted by molar-refractivity contribution is 0.0683. The minimum absolute atomic E-state index is 0.0999. The lowest BCUT2D eigenvalue weighted by atomic mass is 10.1. The second-order valence-corrected chi connectivity index (χ2v) is 3.75. The third-order valence-electron chi connectivity index (χ3n) is 2.66. The molecular weight excluding hydrogens is 226 g/mol. The fourth-order valence-electron chi connectivity index (χ4n) is 1.81. The summed E-state index contributed by atoms with van der Waals surface area (Å²) in [7, 11) is 1.36. The maximum atomic E-state index is 10.9. The van der Waals surface area contributed by atoms with Gasteiger partial charge in [0, 0.05) is 12.7 Å². The molecule has 0 aromatic carbocycles. The van der Waals surface area contributed by atoms with Crippen LogP contribution in [-0.4, -0.2) is 34.9 Å². The minimum Gasteiger partial charge on any atom is -0.503 e. The van der Waals surface area contributed by atoms with Gasteiger partial charge in [0.1, 0.15) is 0 Å². The number of nitrogens with zero attached hydrogens (tertiary/aromatic N) is 1. The van der Waals surface area contributed by atoms with Crippen LogP contribution in [-0.2, 0) is 4.74 Å². The van der Waals surface area contributed by atoms with Crippen LogP contribution in [0.1, 0.15) is 35.1 Å². The number of hydrogen-bond acceptors (Lipinski definition) is 5. The van der Waals surface area contributed by atoms with E-state index >= 15 is 0 Å². The van der Waals surface area contributed by atoms with Crippen LogP contribution in [0.3, 0.4) is 0 Å². The highest BCUT2D eigenvalue weighted by Gasteiger charge is 2.24. The van der Waals surface area contributed by atoms with E-state index < -0.39 is 17.4 Å². The summed E-state index contributed by atoms with van der Waals surface area (Å²) in [6.45, 7) is 0.637. The molecule has 1 atom stereocenters. The SMILES string of the molecule is COc1cc(C2CCCO2)nc(C(=O)O)c1O. The van der Waals surface area contributed by atoms with Crippen molar-refractivity contribution in [3.05, 3.63) is 17.5 Å². The van der Waals surface area contributed by atoms with Gasteiger partial charge in [0.25, 0.3) is 0 Å². The van der Waals surface area contributed by atoms with Crippen LogP contribution in [0.25, 0.3) is 0 Å². The molecule has 6 nitrogen and oxygen atoms in total. The van der Waals surface area contributed by atoms with Crippen molar-refractivity contribution in [1.82, 2.24) is 4.98 Å². The highest BCUT2D eigenvalue weighted by Crippen LogP contribution is 2.35. The molecule has 0 aliphatic carbocycles. The smallest absolute Gasteiger partial charge is 0.358 e. The van der Waals surface area contributed by atoms with E-state index in [0.29, 0.717) is 12.3 Å². The Morgan fingerprint density at radius 2 is 2.41 bits per heavy atom. The average Bonchev–Trinajstić information content (AvgIpc) is 2.82. The Morgan fingerprint density at radius 3 is 2.94 bits per heavy atom. The van der Waals surface area contributed by atoms with Gasteiger partial charge in [0.05, 0.1) is 18.9 Å². The van der Waals surface area contributed by atoms with E-state index in [1.54, 1.807) is 0 Å². The van der Waals surface area contributed by atoms with Gasteiger partial charge in [0.2, 0.25) is 0 Å². The maximum absolute atomic E-state index is 10.9. The van der Waals surface area contributed by atoms with Crippen LogP contribution in [0.5, 0.6) is 11.5 Å². The van der Waals surface area contributed by atoms with Crippen LogP contribution < -0.4 is 4.74 Å². The highest BCUT2D eigenvalue weighted by atomic mass is 16.5. The molecule has 1 aromatic rings. The van der Waals surface area contributed by atoms with Crippen LogP contribution in [0.2, 0.25) is 0 Å². The van der Waals surface area contributed by atoms with E-state index in [0.717, 1.165) is 12.8 Å². The largest absolute Gasteiger partial charge is 0.503 e. The Kier molecular flexibility index (Phi) is 3.14. The zero-order valence-corrected chi connectivity index (χ0v) is 9.34. The monoisotopic (exact) mass is 239 g/mol. The van der Waals surface area contributed by atoms with E-state index in [4.69, 9.17) is 14.6 Å². The highest BCUT2D eigenvalue weighted by molar-refractivity contribution is 5.89. The number of pyridine rings is 1. The van der Waals surface area contributed by atoms with Crippen molar-refractivity contribution in [2.75, 3.05) is 13.7 Å². The van der Waals surface area contributed by atoms with Crippen molar-refractivity contribution in [2.45, 2.75) is 18.9 Å². The Balaban J connectivity index is 2.46. The number of aromatic nitrogens is 1. The molecule has 1 fully saturated rings. The second-order valence-electron chi connectivity index (χ2n) is 3.75. The molecule has 0 spiro atoms. The standard InChI is InChI=1S/C11H13NO5/c1-16-8-5-6(7-3-2-4-17-7)12-9(10(8)13)11(14)15/h5,7,13H,2-4H2,1H3,(H,14,15). The number of hydrogen-bond donors (Lipinski definition) is 2. The van der Waals surface area contributed by atoms with Gasteiger partial charge in [-0.25, -0.2) is 9.78 Å². The predicted molar refractivity (Wildman–Crippen MR) is 57.3 cm³/mol. The second kappa shape index (κ2) is 4.58. The summed E-state index contributed by atoms with van der Waals surface area (Å²) in [6, 6.07) is 1.51. The molecule has 6 heteroatoms. The summed E-state index contributed by atoms with van der Waals surface area (Å²) in [5.74, 6) is -1.65. The average molecular weight is 239 g/mol. The fraction of sp³-hybridized carbons (Fsp3) is 0.455. The molecule has 2 N–H and O–H groups in total. The summed E-state index contributed by atoms with van der Waals surface area (Å²) in [6.07, 6.45) is 1.49. The molecular formula is C11H13NO5.